The number of hydrogen-bond acceptors (Lipinski definition) is 4. The quantitative estimate of drug-likeness (QED) is 0.523. The summed E-state index contributed by atoms with van der Waals surface area (Å²) in [6.45, 7) is 8.37. The van der Waals surface area contributed by atoms with E-state index in [-0.39, 0.29) is 0 Å². The van der Waals surface area contributed by atoms with Crippen molar-refractivity contribution in [3.8, 4) is 11.3 Å². The van der Waals surface area contributed by atoms with E-state index in [1.807, 2.05) is 24.5 Å². The largest absolute Gasteiger partial charge is 0.302 e. The number of hydrogen-bond donors (Lipinski definition) is 0. The number of aromatic nitrogens is 3. The van der Waals surface area contributed by atoms with E-state index < -0.39 is 0 Å². The van der Waals surface area contributed by atoms with E-state index in [1.54, 1.807) is 11.8 Å². The molecule has 124 valence electrons. The highest BCUT2D eigenvalue weighted by Crippen LogP contribution is 2.49. The molecular formula is C18H19ClN4S. The molecule has 3 heterocycles. The van der Waals surface area contributed by atoms with Crippen LogP contribution < -0.4 is 0 Å². The van der Waals surface area contributed by atoms with Crippen molar-refractivity contribution >= 4 is 34.3 Å². The Morgan fingerprint density at radius 2 is 2.04 bits per heavy atom. The SMILES string of the molecule is CCN(CC)CCn1nc2c3c(c(Cl)ccc31)Sc1ccncc1-2. The van der Waals surface area contributed by atoms with Gasteiger partial charge in [0, 0.05) is 39.7 Å². The van der Waals surface area contributed by atoms with Gasteiger partial charge >= 0.3 is 0 Å². The maximum atomic E-state index is 6.48. The molecule has 0 bridgehead atoms. The van der Waals surface area contributed by atoms with Gasteiger partial charge in [-0.15, -0.1) is 0 Å². The Kier molecular flexibility index (Phi) is 4.24. The van der Waals surface area contributed by atoms with E-state index in [0.717, 1.165) is 58.3 Å². The van der Waals surface area contributed by atoms with Gasteiger partial charge in [0.1, 0.15) is 5.69 Å². The third-order valence-corrected chi connectivity index (χ3v) is 6.23. The highest BCUT2D eigenvalue weighted by molar-refractivity contribution is 8.00. The van der Waals surface area contributed by atoms with Gasteiger partial charge in [-0.3, -0.25) is 9.67 Å². The highest BCUT2D eigenvalue weighted by Gasteiger charge is 2.25. The van der Waals surface area contributed by atoms with Crippen LogP contribution in [0, 0.1) is 0 Å². The molecule has 3 aromatic rings. The van der Waals surface area contributed by atoms with Gasteiger partial charge in [0.25, 0.3) is 0 Å². The number of pyridine rings is 1. The van der Waals surface area contributed by atoms with Crippen molar-refractivity contribution in [2.24, 2.45) is 0 Å². The first-order valence-corrected chi connectivity index (χ1v) is 9.46. The molecule has 0 N–H and O–H groups in total. The van der Waals surface area contributed by atoms with Crippen LogP contribution in [0.15, 0.2) is 40.4 Å². The summed E-state index contributed by atoms with van der Waals surface area (Å²) in [5, 5.41) is 6.87. The fourth-order valence-electron chi connectivity index (χ4n) is 3.21. The van der Waals surface area contributed by atoms with Crippen LogP contribution >= 0.6 is 23.4 Å². The van der Waals surface area contributed by atoms with Crippen molar-refractivity contribution in [2.45, 2.75) is 30.2 Å². The average molecular weight is 359 g/mol. The van der Waals surface area contributed by atoms with E-state index >= 15 is 0 Å². The Balaban J connectivity index is 1.84. The summed E-state index contributed by atoms with van der Waals surface area (Å²) < 4.78 is 2.12. The molecule has 0 spiro atoms. The molecule has 0 aliphatic carbocycles. The minimum absolute atomic E-state index is 0.791. The fraction of sp³-hybridized carbons (Fsp3) is 0.333. The molecule has 0 unspecified atom stereocenters. The van der Waals surface area contributed by atoms with Gasteiger partial charge < -0.3 is 4.90 Å². The zero-order valence-corrected chi connectivity index (χ0v) is 15.4. The van der Waals surface area contributed by atoms with Gasteiger partial charge in [0.05, 0.1) is 17.1 Å². The molecule has 0 amide bonds. The molecule has 0 saturated carbocycles. The molecular weight excluding hydrogens is 340 g/mol. The Bertz CT molecular complexity index is 901. The van der Waals surface area contributed by atoms with Crippen LogP contribution in [0.2, 0.25) is 5.02 Å². The molecule has 6 heteroatoms. The zero-order valence-electron chi connectivity index (χ0n) is 13.8. The zero-order chi connectivity index (χ0) is 16.7. The van der Waals surface area contributed by atoms with Gasteiger partial charge in [-0.25, -0.2) is 0 Å². The molecule has 4 rings (SSSR count). The van der Waals surface area contributed by atoms with Gasteiger partial charge in [-0.05, 0) is 31.3 Å². The molecule has 0 fully saturated rings. The van der Waals surface area contributed by atoms with Crippen molar-refractivity contribution in [3.05, 3.63) is 35.6 Å². The number of rotatable bonds is 5. The summed E-state index contributed by atoms with van der Waals surface area (Å²) >= 11 is 8.19. The number of fused-ring (bicyclic) bond motifs is 2. The first-order chi connectivity index (χ1) is 11.7. The van der Waals surface area contributed by atoms with Crippen LogP contribution in [0.4, 0.5) is 0 Å². The van der Waals surface area contributed by atoms with Crippen molar-refractivity contribution in [3.63, 3.8) is 0 Å². The second kappa shape index (κ2) is 6.39. The minimum atomic E-state index is 0.791. The van der Waals surface area contributed by atoms with Gasteiger partial charge in [-0.2, -0.15) is 5.10 Å². The van der Waals surface area contributed by atoms with Crippen LogP contribution in [0.25, 0.3) is 22.2 Å². The van der Waals surface area contributed by atoms with E-state index in [9.17, 15) is 0 Å². The summed E-state index contributed by atoms with van der Waals surface area (Å²) in [4.78, 5) is 8.97. The van der Waals surface area contributed by atoms with Crippen molar-refractivity contribution in [1.29, 1.82) is 0 Å². The van der Waals surface area contributed by atoms with Crippen LogP contribution in [0.5, 0.6) is 0 Å². The third kappa shape index (κ3) is 2.51. The maximum absolute atomic E-state index is 6.48. The summed E-state index contributed by atoms with van der Waals surface area (Å²) in [5.41, 5.74) is 3.26. The Labute approximate surface area is 150 Å². The predicted molar refractivity (Wildman–Crippen MR) is 99.9 cm³/mol. The standard InChI is InChI=1S/C18H19ClN4S/c1-3-22(4-2)9-10-23-14-6-5-13(19)18-16(14)17(21-23)12-11-20-8-7-15(12)24-18/h5-8,11H,3-4,9-10H2,1-2H3. The second-order valence-electron chi connectivity index (χ2n) is 5.84. The normalized spacial score (nSPS) is 12.8. The summed E-state index contributed by atoms with van der Waals surface area (Å²) in [7, 11) is 0. The third-order valence-electron chi connectivity index (χ3n) is 4.59. The fourth-order valence-corrected chi connectivity index (χ4v) is 4.56. The molecule has 0 atom stereocenters. The topological polar surface area (TPSA) is 34.0 Å². The lowest BCUT2D eigenvalue weighted by Gasteiger charge is -2.17. The number of halogens is 1. The Morgan fingerprint density at radius 1 is 1.21 bits per heavy atom. The first-order valence-electron chi connectivity index (χ1n) is 8.26. The first kappa shape index (κ1) is 15.9. The molecule has 4 nitrogen and oxygen atoms in total. The van der Waals surface area contributed by atoms with Crippen LogP contribution in [-0.4, -0.2) is 39.3 Å². The highest BCUT2D eigenvalue weighted by atomic mass is 35.5. The molecule has 2 aromatic heterocycles. The Hall–Kier alpha value is -1.56. The average Bonchev–Trinajstić information content (AvgIpc) is 2.99. The molecule has 1 aliphatic rings. The summed E-state index contributed by atoms with van der Waals surface area (Å²) in [6.07, 6.45) is 3.73. The van der Waals surface area contributed by atoms with Crippen molar-refractivity contribution in [2.75, 3.05) is 19.6 Å². The molecule has 1 aromatic carbocycles. The van der Waals surface area contributed by atoms with E-state index in [2.05, 4.69) is 34.5 Å². The lowest BCUT2D eigenvalue weighted by molar-refractivity contribution is 0.287. The smallest absolute Gasteiger partial charge is 0.104 e. The van der Waals surface area contributed by atoms with Gasteiger partial charge in [0.2, 0.25) is 0 Å². The van der Waals surface area contributed by atoms with Gasteiger partial charge in [-0.1, -0.05) is 37.2 Å². The number of likely N-dealkylation sites (N-methyl/N-ethyl adjacent to an activating group) is 1. The maximum Gasteiger partial charge on any atom is 0.104 e. The minimum Gasteiger partial charge on any atom is -0.302 e. The van der Waals surface area contributed by atoms with E-state index in [1.165, 1.54) is 4.90 Å². The second-order valence-corrected chi connectivity index (χ2v) is 7.30. The summed E-state index contributed by atoms with van der Waals surface area (Å²) in [6, 6.07) is 6.10. The van der Waals surface area contributed by atoms with E-state index in [0.29, 0.717) is 0 Å². The van der Waals surface area contributed by atoms with Crippen LogP contribution in [0.3, 0.4) is 0 Å². The number of nitrogens with zero attached hydrogens (tertiary/aromatic N) is 4. The van der Waals surface area contributed by atoms with Gasteiger partial charge in [0.15, 0.2) is 0 Å². The van der Waals surface area contributed by atoms with Crippen LogP contribution in [0.1, 0.15) is 13.8 Å². The van der Waals surface area contributed by atoms with Crippen molar-refractivity contribution in [1.82, 2.24) is 19.7 Å². The molecule has 24 heavy (non-hydrogen) atoms. The monoisotopic (exact) mass is 358 g/mol. The summed E-state index contributed by atoms with van der Waals surface area (Å²) in [5.74, 6) is 0. The van der Waals surface area contributed by atoms with Crippen molar-refractivity contribution < 1.29 is 0 Å². The van der Waals surface area contributed by atoms with Crippen LogP contribution in [-0.2, 0) is 6.54 Å². The Morgan fingerprint density at radius 3 is 2.83 bits per heavy atom. The van der Waals surface area contributed by atoms with E-state index in [4.69, 9.17) is 16.7 Å². The predicted octanol–water partition coefficient (Wildman–Crippen LogP) is 4.56. The lowest BCUT2D eigenvalue weighted by atomic mass is 10.1. The number of benzene rings is 1. The molecule has 0 radical (unpaired) electrons. The molecule has 1 aliphatic heterocycles. The molecule has 0 saturated heterocycles. The lowest BCUT2D eigenvalue weighted by Crippen LogP contribution is -2.27.